The summed E-state index contributed by atoms with van der Waals surface area (Å²) in [5.41, 5.74) is 10.5. The van der Waals surface area contributed by atoms with Gasteiger partial charge >= 0.3 is 0 Å². The van der Waals surface area contributed by atoms with Crippen molar-refractivity contribution in [1.29, 1.82) is 0 Å². The monoisotopic (exact) mass is 642 g/mol. The van der Waals surface area contributed by atoms with Crippen LogP contribution in [-0.4, -0.2) is 19.5 Å². The van der Waals surface area contributed by atoms with Crippen LogP contribution in [0.3, 0.4) is 0 Å². The van der Waals surface area contributed by atoms with Gasteiger partial charge in [-0.15, -0.1) is 0 Å². The summed E-state index contributed by atoms with van der Waals surface area (Å²) in [6, 6.07) is 48.8. The van der Waals surface area contributed by atoms with Gasteiger partial charge in [0, 0.05) is 38.4 Å². The molecule has 0 atom stereocenters. The summed E-state index contributed by atoms with van der Waals surface area (Å²) in [5, 5.41) is 4.67. The summed E-state index contributed by atoms with van der Waals surface area (Å²) >= 11 is 0. The molecule has 0 N–H and O–H groups in total. The Bertz CT molecular complexity index is 2820. The molecule has 5 heteroatoms. The first-order valence-electron chi connectivity index (χ1n) is 17.0. The standard InChI is InChI=1S/C45H30N4O/c1-3-12-29(13-4-1)43-46-44(30-14-5-2-6-15-30)48-45(47-43)33-16-11-17-34(26-33)49-39-20-9-7-18-35(39)37-27-31(22-24-40(37)49)32-23-25-42-38(28-32)36-19-8-10-21-41(36)50-42/h1-5,7-14,16-28H,6,15H2. The fourth-order valence-corrected chi connectivity index (χ4v) is 7.27. The molecule has 0 fully saturated rings. The molecule has 3 aromatic heterocycles. The van der Waals surface area contributed by atoms with Crippen LogP contribution in [0.1, 0.15) is 18.7 Å². The van der Waals surface area contributed by atoms with Gasteiger partial charge in [0.05, 0.1) is 11.0 Å². The molecule has 5 nitrogen and oxygen atoms in total. The van der Waals surface area contributed by atoms with Crippen molar-refractivity contribution in [3.8, 4) is 39.6 Å². The first-order chi connectivity index (χ1) is 24.8. The van der Waals surface area contributed by atoms with E-state index in [0.717, 1.165) is 79.6 Å². The molecule has 3 heterocycles. The molecular weight excluding hydrogens is 613 g/mol. The van der Waals surface area contributed by atoms with Gasteiger partial charge in [0.25, 0.3) is 0 Å². The third-order valence-electron chi connectivity index (χ3n) is 9.71. The van der Waals surface area contributed by atoms with Crippen LogP contribution in [0.15, 0.2) is 162 Å². The molecule has 9 aromatic rings. The Balaban J connectivity index is 1.11. The molecule has 0 spiro atoms. The van der Waals surface area contributed by atoms with E-state index in [4.69, 9.17) is 19.4 Å². The molecule has 50 heavy (non-hydrogen) atoms. The number of nitrogens with zero attached hydrogens (tertiary/aromatic N) is 4. The van der Waals surface area contributed by atoms with Crippen LogP contribution < -0.4 is 0 Å². The van der Waals surface area contributed by atoms with E-state index in [1.165, 1.54) is 16.3 Å². The van der Waals surface area contributed by atoms with E-state index < -0.39 is 0 Å². The van der Waals surface area contributed by atoms with Gasteiger partial charge in [-0.1, -0.05) is 109 Å². The summed E-state index contributed by atoms with van der Waals surface area (Å²) in [5.74, 6) is 2.07. The molecule has 0 amide bonds. The topological polar surface area (TPSA) is 56.7 Å². The van der Waals surface area contributed by atoms with Gasteiger partial charge in [-0.3, -0.25) is 0 Å². The number of para-hydroxylation sites is 2. The second-order valence-corrected chi connectivity index (χ2v) is 12.8. The number of hydrogen-bond acceptors (Lipinski definition) is 4. The zero-order valence-corrected chi connectivity index (χ0v) is 27.1. The molecule has 0 unspecified atom stereocenters. The van der Waals surface area contributed by atoms with E-state index in [2.05, 4.69) is 132 Å². The minimum absolute atomic E-state index is 0.663. The number of hydrogen-bond donors (Lipinski definition) is 0. The highest BCUT2D eigenvalue weighted by atomic mass is 16.3. The Hall–Kier alpha value is -6.59. The number of aromatic nitrogens is 4. The first kappa shape index (κ1) is 28.4. The number of benzene rings is 6. The van der Waals surface area contributed by atoms with Gasteiger partial charge in [-0.05, 0) is 78.1 Å². The maximum Gasteiger partial charge on any atom is 0.164 e. The summed E-state index contributed by atoms with van der Waals surface area (Å²) in [6.45, 7) is 0. The number of fused-ring (bicyclic) bond motifs is 6. The van der Waals surface area contributed by atoms with Gasteiger partial charge < -0.3 is 8.98 Å². The molecule has 0 saturated heterocycles. The van der Waals surface area contributed by atoms with E-state index in [0.29, 0.717) is 11.6 Å². The SMILES string of the molecule is C1=CCCC(c2nc(-c3ccccc3)nc(-c3cccc(-n4c5ccccc5c5cc(-c6ccc7oc8ccccc8c7c6)ccc54)c3)n2)=C1. The fraction of sp³-hybridized carbons (Fsp3) is 0.0444. The lowest BCUT2D eigenvalue weighted by Gasteiger charge is -2.13. The molecule has 1 aliphatic carbocycles. The third-order valence-corrected chi connectivity index (χ3v) is 9.71. The lowest BCUT2D eigenvalue weighted by Crippen LogP contribution is -2.04. The second kappa shape index (κ2) is 11.5. The fourth-order valence-electron chi connectivity index (χ4n) is 7.27. The molecule has 236 valence electrons. The van der Waals surface area contributed by atoms with Crippen molar-refractivity contribution in [3.63, 3.8) is 0 Å². The Labute approximate surface area is 288 Å². The van der Waals surface area contributed by atoms with Gasteiger partial charge in [-0.25, -0.2) is 15.0 Å². The van der Waals surface area contributed by atoms with Crippen molar-refractivity contribution in [2.75, 3.05) is 0 Å². The predicted octanol–water partition coefficient (Wildman–Crippen LogP) is 11.6. The average molecular weight is 643 g/mol. The summed E-state index contributed by atoms with van der Waals surface area (Å²) in [7, 11) is 0. The zero-order chi connectivity index (χ0) is 33.0. The van der Waals surface area contributed by atoms with Crippen molar-refractivity contribution < 1.29 is 4.42 Å². The number of allylic oxidation sites excluding steroid dienone is 4. The first-order valence-corrected chi connectivity index (χ1v) is 17.0. The van der Waals surface area contributed by atoms with Crippen LogP contribution in [0.4, 0.5) is 0 Å². The summed E-state index contributed by atoms with van der Waals surface area (Å²) in [6.07, 6.45) is 8.28. The molecule has 10 rings (SSSR count). The van der Waals surface area contributed by atoms with Crippen molar-refractivity contribution in [3.05, 3.63) is 164 Å². The van der Waals surface area contributed by atoms with E-state index in [-0.39, 0.29) is 0 Å². The maximum absolute atomic E-state index is 6.11. The van der Waals surface area contributed by atoms with Crippen LogP contribution in [0.5, 0.6) is 0 Å². The second-order valence-electron chi connectivity index (χ2n) is 12.8. The highest BCUT2D eigenvalue weighted by molar-refractivity contribution is 6.11. The van der Waals surface area contributed by atoms with Gasteiger partial charge in [0.2, 0.25) is 0 Å². The van der Waals surface area contributed by atoms with Gasteiger partial charge in [-0.2, -0.15) is 0 Å². The van der Waals surface area contributed by atoms with Crippen LogP contribution in [0.2, 0.25) is 0 Å². The van der Waals surface area contributed by atoms with Crippen molar-refractivity contribution in [1.82, 2.24) is 19.5 Å². The Morgan fingerprint density at radius 3 is 2.02 bits per heavy atom. The smallest absolute Gasteiger partial charge is 0.164 e. The normalized spacial score (nSPS) is 13.1. The highest BCUT2D eigenvalue weighted by Gasteiger charge is 2.17. The third kappa shape index (κ3) is 4.74. The van der Waals surface area contributed by atoms with Crippen molar-refractivity contribution in [2.24, 2.45) is 0 Å². The predicted molar refractivity (Wildman–Crippen MR) is 204 cm³/mol. The van der Waals surface area contributed by atoms with Crippen LogP contribution in [0.25, 0.3) is 88.9 Å². The maximum atomic E-state index is 6.11. The molecule has 1 aliphatic rings. The Morgan fingerprint density at radius 1 is 0.480 bits per heavy atom. The van der Waals surface area contributed by atoms with Gasteiger partial charge in [0.1, 0.15) is 11.2 Å². The molecule has 0 bridgehead atoms. The number of rotatable bonds is 5. The van der Waals surface area contributed by atoms with Gasteiger partial charge in [0.15, 0.2) is 17.5 Å². The van der Waals surface area contributed by atoms with E-state index >= 15 is 0 Å². The largest absolute Gasteiger partial charge is 0.456 e. The summed E-state index contributed by atoms with van der Waals surface area (Å²) in [4.78, 5) is 15.0. The van der Waals surface area contributed by atoms with Crippen molar-refractivity contribution >= 4 is 49.3 Å². The Morgan fingerprint density at radius 2 is 1.16 bits per heavy atom. The lowest BCUT2D eigenvalue weighted by molar-refractivity contribution is 0.669. The zero-order valence-electron chi connectivity index (χ0n) is 27.1. The van der Waals surface area contributed by atoms with E-state index in [1.807, 2.05) is 30.3 Å². The molecular formula is C45H30N4O. The van der Waals surface area contributed by atoms with E-state index in [9.17, 15) is 0 Å². The minimum atomic E-state index is 0.663. The molecule has 0 radical (unpaired) electrons. The van der Waals surface area contributed by atoms with Crippen molar-refractivity contribution in [2.45, 2.75) is 12.8 Å². The Kier molecular flexibility index (Phi) is 6.56. The average Bonchev–Trinajstić information content (AvgIpc) is 3.73. The molecule has 0 saturated carbocycles. The van der Waals surface area contributed by atoms with Crippen LogP contribution in [-0.2, 0) is 0 Å². The lowest BCUT2D eigenvalue weighted by atomic mass is 10.0. The minimum Gasteiger partial charge on any atom is -0.456 e. The molecule has 0 aliphatic heterocycles. The van der Waals surface area contributed by atoms with E-state index in [1.54, 1.807) is 0 Å². The quantitative estimate of drug-likeness (QED) is 0.187. The number of furan rings is 1. The summed E-state index contributed by atoms with van der Waals surface area (Å²) < 4.78 is 8.46. The van der Waals surface area contributed by atoms with Crippen LogP contribution in [0, 0.1) is 0 Å². The highest BCUT2D eigenvalue weighted by Crippen LogP contribution is 2.38. The van der Waals surface area contributed by atoms with Crippen LogP contribution >= 0.6 is 0 Å². The molecule has 6 aromatic carbocycles.